The third kappa shape index (κ3) is 8.58. The minimum atomic E-state index is -0.777. The minimum absolute atomic E-state index is 0.145. The number of nitrogens with one attached hydrogen (secondary N) is 4. The standard InChI is InChI=1S/C12H24N6O3/c1-7(13)10(20)17-8(2)11(21)18-9(6-19)4-3-5-16-12(14)15/h6-9H,3-5,13H2,1-2H3,(H,17,20)(H,18,21)(H4,14,15,16). The van der Waals surface area contributed by atoms with Crippen molar-refractivity contribution in [2.24, 2.45) is 11.5 Å². The second-order valence-corrected chi connectivity index (χ2v) is 4.75. The molecule has 0 aromatic carbocycles. The molecular formula is C12H24N6O3. The van der Waals surface area contributed by atoms with E-state index in [0.717, 1.165) is 0 Å². The van der Waals surface area contributed by atoms with Crippen molar-refractivity contribution in [3.63, 3.8) is 0 Å². The summed E-state index contributed by atoms with van der Waals surface area (Å²) < 4.78 is 0. The molecule has 0 aromatic heterocycles. The Bertz CT molecular complexity index is 385. The zero-order chi connectivity index (χ0) is 16.4. The molecule has 0 heterocycles. The number of hydrogen-bond donors (Lipinski definition) is 6. The summed E-state index contributed by atoms with van der Waals surface area (Å²) >= 11 is 0. The third-order valence-corrected chi connectivity index (χ3v) is 2.66. The van der Waals surface area contributed by atoms with Crippen LogP contribution in [0.4, 0.5) is 0 Å². The van der Waals surface area contributed by atoms with Crippen molar-refractivity contribution in [2.75, 3.05) is 6.54 Å². The van der Waals surface area contributed by atoms with Crippen LogP contribution in [0.25, 0.3) is 0 Å². The number of carbonyl (C=O) groups excluding carboxylic acids is 3. The average Bonchev–Trinajstić information content (AvgIpc) is 2.41. The van der Waals surface area contributed by atoms with Crippen LogP contribution in [0.5, 0.6) is 0 Å². The van der Waals surface area contributed by atoms with Gasteiger partial charge in [-0.1, -0.05) is 0 Å². The van der Waals surface area contributed by atoms with Crippen molar-refractivity contribution in [3.8, 4) is 0 Å². The first-order valence-electron chi connectivity index (χ1n) is 6.67. The lowest BCUT2D eigenvalue weighted by Gasteiger charge is -2.18. The van der Waals surface area contributed by atoms with Crippen LogP contribution in [0.2, 0.25) is 0 Å². The smallest absolute Gasteiger partial charge is 0.242 e. The fraction of sp³-hybridized carbons (Fsp3) is 0.667. The van der Waals surface area contributed by atoms with Crippen LogP contribution in [-0.4, -0.2) is 48.7 Å². The maximum absolute atomic E-state index is 11.8. The van der Waals surface area contributed by atoms with Crippen molar-refractivity contribution in [3.05, 3.63) is 0 Å². The van der Waals surface area contributed by atoms with Gasteiger partial charge in [0, 0.05) is 6.54 Å². The topological polar surface area (TPSA) is 163 Å². The Balaban J connectivity index is 4.16. The largest absolute Gasteiger partial charge is 0.370 e. The molecule has 0 aliphatic heterocycles. The highest BCUT2D eigenvalue weighted by Gasteiger charge is 2.20. The monoisotopic (exact) mass is 300 g/mol. The van der Waals surface area contributed by atoms with Gasteiger partial charge in [-0.3, -0.25) is 15.0 Å². The van der Waals surface area contributed by atoms with Crippen LogP contribution in [0.1, 0.15) is 26.7 Å². The van der Waals surface area contributed by atoms with Gasteiger partial charge in [0.2, 0.25) is 11.8 Å². The molecular weight excluding hydrogens is 276 g/mol. The molecule has 0 aromatic rings. The zero-order valence-electron chi connectivity index (χ0n) is 12.3. The number of carbonyl (C=O) groups is 3. The molecule has 0 aliphatic rings. The van der Waals surface area contributed by atoms with Gasteiger partial charge in [0.05, 0.1) is 12.1 Å². The maximum atomic E-state index is 11.8. The number of aldehydes is 1. The second kappa shape index (κ2) is 9.70. The summed E-state index contributed by atoms with van der Waals surface area (Å²) in [4.78, 5) is 34.1. The highest BCUT2D eigenvalue weighted by Crippen LogP contribution is 1.95. The van der Waals surface area contributed by atoms with E-state index in [-0.39, 0.29) is 5.96 Å². The quantitative estimate of drug-likeness (QED) is 0.122. The summed E-state index contributed by atoms with van der Waals surface area (Å²) in [5, 5.41) is 14.5. The molecule has 0 aliphatic carbocycles. The number of hydrogen-bond acceptors (Lipinski definition) is 5. The van der Waals surface area contributed by atoms with E-state index >= 15 is 0 Å². The minimum Gasteiger partial charge on any atom is -0.370 e. The van der Waals surface area contributed by atoms with Gasteiger partial charge in [0.1, 0.15) is 12.3 Å². The predicted molar refractivity (Wildman–Crippen MR) is 78.4 cm³/mol. The van der Waals surface area contributed by atoms with Crippen LogP contribution in [-0.2, 0) is 14.4 Å². The van der Waals surface area contributed by atoms with Crippen LogP contribution in [0.15, 0.2) is 0 Å². The Labute approximate surface area is 123 Å². The average molecular weight is 300 g/mol. The summed E-state index contributed by atoms with van der Waals surface area (Å²) in [6, 6.07) is -2.14. The lowest BCUT2D eigenvalue weighted by atomic mass is 10.1. The Hall–Kier alpha value is -2.16. The lowest BCUT2D eigenvalue weighted by molar-refractivity contribution is -0.130. The first-order chi connectivity index (χ1) is 9.77. The van der Waals surface area contributed by atoms with E-state index in [0.29, 0.717) is 25.7 Å². The van der Waals surface area contributed by atoms with Crippen LogP contribution < -0.4 is 27.4 Å². The van der Waals surface area contributed by atoms with E-state index in [4.69, 9.17) is 16.9 Å². The van der Waals surface area contributed by atoms with Crippen molar-refractivity contribution in [2.45, 2.75) is 44.8 Å². The normalized spacial score (nSPS) is 14.4. The number of amides is 2. The van der Waals surface area contributed by atoms with E-state index in [1.54, 1.807) is 0 Å². The van der Waals surface area contributed by atoms with Gasteiger partial charge in [-0.15, -0.1) is 0 Å². The molecule has 2 amide bonds. The molecule has 0 spiro atoms. The van der Waals surface area contributed by atoms with Crippen molar-refractivity contribution in [1.29, 1.82) is 5.41 Å². The van der Waals surface area contributed by atoms with Crippen molar-refractivity contribution < 1.29 is 14.4 Å². The molecule has 0 rings (SSSR count). The van der Waals surface area contributed by atoms with E-state index in [1.807, 2.05) is 0 Å². The zero-order valence-corrected chi connectivity index (χ0v) is 12.3. The van der Waals surface area contributed by atoms with Gasteiger partial charge in [0.15, 0.2) is 5.96 Å². The SMILES string of the molecule is CC(N)C(=O)NC(C)C(=O)NC(C=O)CCCNC(=N)N. The molecule has 21 heavy (non-hydrogen) atoms. The first-order valence-corrected chi connectivity index (χ1v) is 6.67. The molecule has 0 fully saturated rings. The van der Waals surface area contributed by atoms with E-state index in [9.17, 15) is 14.4 Å². The Kier molecular flexibility index (Phi) is 8.70. The van der Waals surface area contributed by atoms with E-state index in [1.165, 1.54) is 13.8 Å². The van der Waals surface area contributed by atoms with Gasteiger partial charge >= 0.3 is 0 Å². The molecule has 3 atom stereocenters. The van der Waals surface area contributed by atoms with Gasteiger partial charge < -0.3 is 32.2 Å². The summed E-state index contributed by atoms with van der Waals surface area (Å²) in [7, 11) is 0. The molecule has 0 radical (unpaired) electrons. The predicted octanol–water partition coefficient (Wildman–Crippen LogP) is -2.21. The van der Waals surface area contributed by atoms with E-state index in [2.05, 4.69) is 16.0 Å². The molecule has 3 unspecified atom stereocenters. The Morgan fingerprint density at radius 1 is 1.24 bits per heavy atom. The number of rotatable bonds is 9. The number of guanidine groups is 1. The van der Waals surface area contributed by atoms with Gasteiger partial charge in [-0.25, -0.2) is 0 Å². The summed E-state index contributed by atoms with van der Waals surface area (Å²) in [5.74, 6) is -1.04. The molecule has 120 valence electrons. The number of nitrogens with two attached hydrogens (primary N) is 2. The Morgan fingerprint density at radius 3 is 2.33 bits per heavy atom. The second-order valence-electron chi connectivity index (χ2n) is 4.75. The van der Waals surface area contributed by atoms with E-state index < -0.39 is 29.9 Å². The summed E-state index contributed by atoms with van der Waals surface area (Å²) in [6.45, 7) is 3.46. The van der Waals surface area contributed by atoms with Crippen molar-refractivity contribution in [1.82, 2.24) is 16.0 Å². The fourth-order valence-electron chi connectivity index (χ4n) is 1.44. The lowest BCUT2D eigenvalue weighted by Crippen LogP contribution is -2.51. The summed E-state index contributed by atoms with van der Waals surface area (Å²) in [5.41, 5.74) is 10.5. The van der Waals surface area contributed by atoms with Crippen LogP contribution in [0, 0.1) is 5.41 Å². The van der Waals surface area contributed by atoms with Crippen LogP contribution in [0.3, 0.4) is 0 Å². The maximum Gasteiger partial charge on any atom is 0.242 e. The fourth-order valence-corrected chi connectivity index (χ4v) is 1.44. The summed E-state index contributed by atoms with van der Waals surface area (Å²) in [6.07, 6.45) is 1.60. The van der Waals surface area contributed by atoms with Crippen molar-refractivity contribution >= 4 is 24.1 Å². The molecule has 0 saturated carbocycles. The highest BCUT2D eigenvalue weighted by atomic mass is 16.2. The highest BCUT2D eigenvalue weighted by molar-refractivity contribution is 5.90. The van der Waals surface area contributed by atoms with Crippen LogP contribution >= 0.6 is 0 Å². The molecule has 9 heteroatoms. The molecule has 9 nitrogen and oxygen atoms in total. The van der Waals surface area contributed by atoms with Gasteiger partial charge in [-0.05, 0) is 26.7 Å². The molecule has 0 bridgehead atoms. The van der Waals surface area contributed by atoms with Gasteiger partial charge in [0.25, 0.3) is 0 Å². The Morgan fingerprint density at radius 2 is 1.86 bits per heavy atom. The molecule has 0 saturated heterocycles. The molecule has 8 N–H and O–H groups in total. The third-order valence-electron chi connectivity index (χ3n) is 2.66. The van der Waals surface area contributed by atoms with Gasteiger partial charge in [-0.2, -0.15) is 0 Å². The first kappa shape index (κ1) is 18.8.